The Bertz CT molecular complexity index is 754. The van der Waals surface area contributed by atoms with Crippen molar-refractivity contribution < 1.29 is 9.90 Å². The summed E-state index contributed by atoms with van der Waals surface area (Å²) in [5.41, 5.74) is 2.72. The fourth-order valence-corrected chi connectivity index (χ4v) is 4.02. The molecule has 20 heavy (non-hydrogen) atoms. The summed E-state index contributed by atoms with van der Waals surface area (Å²) < 4.78 is 2.00. The molecule has 0 aliphatic rings. The lowest BCUT2D eigenvalue weighted by molar-refractivity contribution is -0.136. The van der Waals surface area contributed by atoms with Crippen LogP contribution in [0.1, 0.15) is 31.2 Å². The van der Waals surface area contributed by atoms with Gasteiger partial charge in [-0.05, 0) is 17.4 Å². The molecular weight excluding hydrogens is 292 g/mol. The summed E-state index contributed by atoms with van der Waals surface area (Å²) in [6, 6.07) is 4.05. The average molecular weight is 306 g/mol. The zero-order valence-corrected chi connectivity index (χ0v) is 12.8. The Morgan fingerprint density at radius 3 is 2.85 bits per heavy atom. The number of carboxylic acids is 1. The molecule has 3 aromatic rings. The summed E-state index contributed by atoms with van der Waals surface area (Å²) in [5, 5.41) is 13.2. The van der Waals surface area contributed by atoms with Crippen LogP contribution in [0.15, 0.2) is 22.9 Å². The molecule has 3 aromatic heterocycles. The highest BCUT2D eigenvalue weighted by atomic mass is 32.1. The highest BCUT2D eigenvalue weighted by molar-refractivity contribution is 7.16. The molecule has 6 heteroatoms. The molecule has 0 bridgehead atoms. The van der Waals surface area contributed by atoms with Crippen LogP contribution in [-0.2, 0) is 11.2 Å². The molecule has 0 radical (unpaired) electrons. The zero-order chi connectivity index (χ0) is 14.3. The van der Waals surface area contributed by atoms with E-state index >= 15 is 0 Å². The number of thiazole rings is 1. The smallest absolute Gasteiger partial charge is 0.309 e. The second-order valence-electron chi connectivity index (χ2n) is 4.89. The first-order chi connectivity index (χ1) is 9.58. The van der Waals surface area contributed by atoms with Gasteiger partial charge in [0.2, 0.25) is 0 Å². The lowest BCUT2D eigenvalue weighted by atomic mass is 10.1. The minimum absolute atomic E-state index is 0.00376. The van der Waals surface area contributed by atoms with Gasteiger partial charge in [-0.3, -0.25) is 9.20 Å². The second kappa shape index (κ2) is 5.03. The molecule has 3 heterocycles. The van der Waals surface area contributed by atoms with Crippen molar-refractivity contribution in [2.24, 2.45) is 0 Å². The van der Waals surface area contributed by atoms with Crippen LogP contribution < -0.4 is 0 Å². The first kappa shape index (κ1) is 13.3. The number of carbonyl (C=O) groups is 1. The van der Waals surface area contributed by atoms with Gasteiger partial charge in [-0.25, -0.2) is 4.98 Å². The van der Waals surface area contributed by atoms with E-state index in [1.54, 1.807) is 22.7 Å². The van der Waals surface area contributed by atoms with E-state index in [4.69, 9.17) is 0 Å². The molecule has 0 aromatic carbocycles. The van der Waals surface area contributed by atoms with Gasteiger partial charge >= 0.3 is 5.97 Å². The second-order valence-corrected chi connectivity index (χ2v) is 6.67. The fraction of sp³-hybridized carbons (Fsp3) is 0.286. The molecular formula is C14H14N2O2S2. The van der Waals surface area contributed by atoms with Gasteiger partial charge in [-0.2, -0.15) is 0 Å². The molecule has 0 atom stereocenters. The van der Waals surface area contributed by atoms with Gasteiger partial charge in [0.25, 0.3) is 0 Å². The van der Waals surface area contributed by atoms with Crippen LogP contribution >= 0.6 is 22.7 Å². The van der Waals surface area contributed by atoms with Crippen molar-refractivity contribution in [3.05, 3.63) is 34.3 Å². The molecule has 4 nitrogen and oxygen atoms in total. The van der Waals surface area contributed by atoms with E-state index in [0.717, 1.165) is 26.9 Å². The Labute approximate surface area is 124 Å². The van der Waals surface area contributed by atoms with Gasteiger partial charge < -0.3 is 5.11 Å². The number of aliphatic carboxylic acids is 1. The predicted molar refractivity (Wildman–Crippen MR) is 81.8 cm³/mol. The quantitative estimate of drug-likeness (QED) is 0.796. The Balaban J connectivity index is 2.26. The Morgan fingerprint density at radius 1 is 1.45 bits per heavy atom. The molecule has 3 rings (SSSR count). The number of aromatic nitrogens is 2. The largest absolute Gasteiger partial charge is 0.481 e. The van der Waals surface area contributed by atoms with Crippen molar-refractivity contribution >= 4 is 33.6 Å². The van der Waals surface area contributed by atoms with Crippen LogP contribution in [0.4, 0.5) is 0 Å². The minimum atomic E-state index is -0.822. The van der Waals surface area contributed by atoms with Crippen molar-refractivity contribution in [2.75, 3.05) is 0 Å². The van der Waals surface area contributed by atoms with Crippen LogP contribution in [0.3, 0.4) is 0 Å². The van der Waals surface area contributed by atoms with Gasteiger partial charge in [-0.1, -0.05) is 19.9 Å². The number of nitrogens with zero attached hydrogens (tertiary/aromatic N) is 2. The minimum Gasteiger partial charge on any atom is -0.481 e. The molecule has 104 valence electrons. The SMILES string of the molecule is CC(C)c1nc2scc(-c3cccs3)n2c1CC(=O)O. The summed E-state index contributed by atoms with van der Waals surface area (Å²) in [5.74, 6) is -0.607. The van der Waals surface area contributed by atoms with Crippen molar-refractivity contribution in [3.63, 3.8) is 0 Å². The molecule has 0 aliphatic carbocycles. The van der Waals surface area contributed by atoms with Crippen LogP contribution in [0.2, 0.25) is 0 Å². The summed E-state index contributed by atoms with van der Waals surface area (Å²) in [7, 11) is 0. The van der Waals surface area contributed by atoms with Crippen LogP contribution in [0, 0.1) is 0 Å². The highest BCUT2D eigenvalue weighted by Gasteiger charge is 2.21. The van der Waals surface area contributed by atoms with Gasteiger partial charge in [0, 0.05) is 5.38 Å². The summed E-state index contributed by atoms with van der Waals surface area (Å²) in [6.45, 7) is 4.09. The fourth-order valence-electron chi connectivity index (χ4n) is 2.30. The maximum Gasteiger partial charge on any atom is 0.309 e. The molecule has 0 fully saturated rings. The summed E-state index contributed by atoms with van der Waals surface area (Å²) in [4.78, 5) is 17.8. The third-order valence-electron chi connectivity index (χ3n) is 3.13. The topological polar surface area (TPSA) is 54.6 Å². The average Bonchev–Trinajstić information content (AvgIpc) is 3.04. The van der Waals surface area contributed by atoms with Crippen molar-refractivity contribution in [3.8, 4) is 10.6 Å². The normalized spacial score (nSPS) is 11.6. The van der Waals surface area contributed by atoms with E-state index in [9.17, 15) is 9.90 Å². The maximum atomic E-state index is 11.2. The number of carboxylic acid groups (broad SMARTS) is 1. The predicted octanol–water partition coefficient (Wildman–Crippen LogP) is 3.87. The van der Waals surface area contributed by atoms with Gasteiger partial charge in [0.15, 0.2) is 4.96 Å². The van der Waals surface area contributed by atoms with Crippen molar-refractivity contribution in [1.82, 2.24) is 9.38 Å². The molecule has 0 spiro atoms. The number of imidazole rings is 1. The van der Waals surface area contributed by atoms with E-state index in [1.165, 1.54) is 0 Å². The lowest BCUT2D eigenvalue weighted by Gasteiger charge is -2.06. The highest BCUT2D eigenvalue weighted by Crippen LogP contribution is 2.33. The number of thiophene rings is 1. The monoisotopic (exact) mass is 306 g/mol. The van der Waals surface area contributed by atoms with E-state index in [0.29, 0.717) is 0 Å². The molecule has 0 aliphatic heterocycles. The Morgan fingerprint density at radius 2 is 2.25 bits per heavy atom. The lowest BCUT2D eigenvalue weighted by Crippen LogP contribution is -2.07. The summed E-state index contributed by atoms with van der Waals surface area (Å²) in [6.07, 6.45) is 0.00376. The van der Waals surface area contributed by atoms with E-state index in [2.05, 4.69) is 4.98 Å². The van der Waals surface area contributed by atoms with Gasteiger partial charge in [0.05, 0.1) is 28.4 Å². The Kier molecular flexibility index (Phi) is 3.35. The molecule has 0 amide bonds. The molecule has 1 N–H and O–H groups in total. The van der Waals surface area contributed by atoms with Crippen LogP contribution in [0.25, 0.3) is 15.5 Å². The number of fused-ring (bicyclic) bond motifs is 1. The van der Waals surface area contributed by atoms with Crippen LogP contribution in [0.5, 0.6) is 0 Å². The standard InChI is InChI=1S/C14H14N2O2S2/c1-8(2)13-9(6-12(17)18)16-10(7-20-14(16)15-13)11-4-3-5-19-11/h3-5,7-8H,6H2,1-2H3,(H,17,18). The number of hydrogen-bond acceptors (Lipinski definition) is 4. The summed E-state index contributed by atoms with van der Waals surface area (Å²) >= 11 is 3.21. The molecule has 0 saturated carbocycles. The van der Waals surface area contributed by atoms with E-state index in [-0.39, 0.29) is 12.3 Å². The number of hydrogen-bond donors (Lipinski definition) is 1. The van der Waals surface area contributed by atoms with Gasteiger partial charge in [0.1, 0.15) is 0 Å². The van der Waals surface area contributed by atoms with Crippen molar-refractivity contribution in [1.29, 1.82) is 0 Å². The maximum absolute atomic E-state index is 11.2. The molecule has 0 saturated heterocycles. The van der Waals surface area contributed by atoms with E-state index in [1.807, 2.05) is 41.1 Å². The Hall–Kier alpha value is -1.66. The molecule has 0 unspecified atom stereocenters. The third kappa shape index (κ3) is 2.14. The third-order valence-corrected chi connectivity index (χ3v) is 4.85. The number of rotatable bonds is 4. The van der Waals surface area contributed by atoms with Crippen LogP contribution in [-0.4, -0.2) is 20.5 Å². The van der Waals surface area contributed by atoms with E-state index < -0.39 is 5.97 Å². The zero-order valence-electron chi connectivity index (χ0n) is 11.2. The first-order valence-electron chi connectivity index (χ1n) is 6.32. The van der Waals surface area contributed by atoms with Crippen molar-refractivity contribution in [2.45, 2.75) is 26.2 Å². The van der Waals surface area contributed by atoms with Gasteiger partial charge in [-0.15, -0.1) is 22.7 Å². The first-order valence-corrected chi connectivity index (χ1v) is 8.08.